The number of methoxy groups -OCH3 is 1. The van der Waals surface area contributed by atoms with E-state index in [2.05, 4.69) is 4.98 Å². The van der Waals surface area contributed by atoms with Gasteiger partial charge in [-0.25, -0.2) is 14.2 Å². The average Bonchev–Trinajstić information content (AvgIpc) is 2.47. The fourth-order valence-corrected chi connectivity index (χ4v) is 1.97. The number of rotatable bonds is 5. The van der Waals surface area contributed by atoms with E-state index in [1.165, 1.54) is 0 Å². The van der Waals surface area contributed by atoms with Gasteiger partial charge in [-0.05, 0) is 23.8 Å². The van der Waals surface area contributed by atoms with Crippen LogP contribution in [0.1, 0.15) is 15.9 Å². The summed E-state index contributed by atoms with van der Waals surface area (Å²) in [7, 11) is 3.29. The molecule has 1 heterocycles. The van der Waals surface area contributed by atoms with Crippen molar-refractivity contribution in [1.29, 1.82) is 0 Å². The maximum atomic E-state index is 13.1. The number of hydrogen-bond donors (Lipinski definition) is 1. The van der Waals surface area contributed by atoms with Crippen molar-refractivity contribution in [2.24, 2.45) is 0 Å². The van der Waals surface area contributed by atoms with E-state index in [4.69, 9.17) is 9.84 Å². The third-order valence-corrected chi connectivity index (χ3v) is 3.00. The fraction of sp³-hybridized carbons (Fsp3) is 0.200. The molecule has 2 rings (SSSR count). The molecule has 0 amide bonds. The summed E-state index contributed by atoms with van der Waals surface area (Å²) in [5.41, 5.74) is 0.798. The van der Waals surface area contributed by atoms with E-state index in [9.17, 15) is 9.18 Å². The molecule has 5 nitrogen and oxygen atoms in total. The topological polar surface area (TPSA) is 62.7 Å². The van der Waals surface area contributed by atoms with Crippen LogP contribution in [0.4, 0.5) is 10.2 Å². The lowest BCUT2D eigenvalue weighted by molar-refractivity contribution is 0.0696. The van der Waals surface area contributed by atoms with Crippen molar-refractivity contribution in [3.8, 4) is 5.75 Å². The van der Waals surface area contributed by atoms with Gasteiger partial charge < -0.3 is 14.7 Å². The molecule has 0 radical (unpaired) electrons. The van der Waals surface area contributed by atoms with Crippen LogP contribution in [-0.2, 0) is 6.54 Å². The van der Waals surface area contributed by atoms with E-state index in [-0.39, 0.29) is 11.4 Å². The van der Waals surface area contributed by atoms with Crippen LogP contribution in [0.3, 0.4) is 0 Å². The number of halogens is 1. The number of aromatic carboxylic acids is 1. The Bertz CT molecular complexity index is 644. The van der Waals surface area contributed by atoms with E-state index in [1.54, 1.807) is 19.1 Å². The summed E-state index contributed by atoms with van der Waals surface area (Å²) < 4.78 is 18.2. The van der Waals surface area contributed by atoms with Gasteiger partial charge in [-0.2, -0.15) is 0 Å². The number of carboxylic acid groups (broad SMARTS) is 1. The quantitative estimate of drug-likeness (QED) is 0.917. The molecule has 0 fully saturated rings. The lowest BCUT2D eigenvalue weighted by atomic mass is 10.2. The largest absolute Gasteiger partial charge is 0.497 e. The fourth-order valence-electron chi connectivity index (χ4n) is 1.97. The number of carboxylic acids is 1. The van der Waals surface area contributed by atoms with E-state index >= 15 is 0 Å². The molecule has 0 unspecified atom stereocenters. The molecular formula is C15H15FN2O3. The molecule has 0 aliphatic carbocycles. The summed E-state index contributed by atoms with van der Waals surface area (Å²) in [6.07, 6.45) is 1.01. The Kier molecular flexibility index (Phi) is 4.37. The number of aromatic nitrogens is 1. The predicted octanol–water partition coefficient (Wildman–Crippen LogP) is 2.56. The third-order valence-electron chi connectivity index (χ3n) is 3.00. The Morgan fingerprint density at radius 3 is 2.62 bits per heavy atom. The smallest absolute Gasteiger partial charge is 0.339 e. The van der Waals surface area contributed by atoms with Gasteiger partial charge >= 0.3 is 5.97 Å². The normalized spacial score (nSPS) is 10.2. The summed E-state index contributed by atoms with van der Waals surface area (Å²) in [4.78, 5) is 16.7. The Labute approximate surface area is 121 Å². The Morgan fingerprint density at radius 2 is 2.05 bits per heavy atom. The summed E-state index contributed by atoms with van der Waals surface area (Å²) in [6, 6.07) is 8.35. The second-order valence-electron chi connectivity index (χ2n) is 4.53. The lowest BCUT2D eigenvalue weighted by Crippen LogP contribution is -2.21. The van der Waals surface area contributed by atoms with E-state index < -0.39 is 11.8 Å². The van der Waals surface area contributed by atoms with Crippen molar-refractivity contribution < 1.29 is 19.0 Å². The van der Waals surface area contributed by atoms with E-state index in [0.29, 0.717) is 6.54 Å². The lowest BCUT2D eigenvalue weighted by Gasteiger charge is -2.20. The summed E-state index contributed by atoms with van der Waals surface area (Å²) >= 11 is 0. The highest BCUT2D eigenvalue weighted by atomic mass is 19.1. The maximum Gasteiger partial charge on any atom is 0.339 e. The van der Waals surface area contributed by atoms with E-state index in [0.717, 1.165) is 23.6 Å². The van der Waals surface area contributed by atoms with Crippen molar-refractivity contribution in [3.63, 3.8) is 0 Å². The monoisotopic (exact) mass is 290 g/mol. The van der Waals surface area contributed by atoms with Gasteiger partial charge in [0.1, 0.15) is 22.9 Å². The molecule has 0 saturated carbocycles. The average molecular weight is 290 g/mol. The molecule has 110 valence electrons. The molecule has 1 N–H and O–H groups in total. The van der Waals surface area contributed by atoms with Crippen molar-refractivity contribution in [2.45, 2.75) is 6.54 Å². The molecule has 0 spiro atoms. The van der Waals surface area contributed by atoms with Gasteiger partial charge in [0.2, 0.25) is 0 Å². The molecule has 1 aromatic heterocycles. The zero-order valence-electron chi connectivity index (χ0n) is 11.7. The summed E-state index contributed by atoms with van der Waals surface area (Å²) in [6.45, 7) is 0.447. The second kappa shape index (κ2) is 6.21. The highest BCUT2D eigenvalue weighted by Gasteiger charge is 2.16. The van der Waals surface area contributed by atoms with Gasteiger partial charge in [-0.1, -0.05) is 12.1 Å². The molecule has 6 heteroatoms. The van der Waals surface area contributed by atoms with Gasteiger partial charge in [0.05, 0.1) is 13.3 Å². The van der Waals surface area contributed by atoms with Crippen molar-refractivity contribution in [1.82, 2.24) is 4.98 Å². The Morgan fingerprint density at radius 1 is 1.38 bits per heavy atom. The van der Waals surface area contributed by atoms with Gasteiger partial charge in [0, 0.05) is 13.6 Å². The molecule has 21 heavy (non-hydrogen) atoms. The Balaban J connectivity index is 2.23. The van der Waals surface area contributed by atoms with Gasteiger partial charge in [-0.3, -0.25) is 0 Å². The van der Waals surface area contributed by atoms with Crippen LogP contribution in [0.25, 0.3) is 0 Å². The first kappa shape index (κ1) is 14.8. The first-order valence-electron chi connectivity index (χ1n) is 6.24. The summed E-state index contributed by atoms with van der Waals surface area (Å²) in [5.74, 6) is -0.917. The van der Waals surface area contributed by atoms with Crippen LogP contribution in [0.2, 0.25) is 0 Å². The van der Waals surface area contributed by atoms with Gasteiger partial charge in [0.15, 0.2) is 0 Å². The minimum Gasteiger partial charge on any atom is -0.497 e. The van der Waals surface area contributed by atoms with Crippen molar-refractivity contribution in [2.75, 3.05) is 19.1 Å². The van der Waals surface area contributed by atoms with Crippen LogP contribution in [-0.4, -0.2) is 30.2 Å². The van der Waals surface area contributed by atoms with Crippen LogP contribution >= 0.6 is 0 Å². The molecular weight excluding hydrogens is 275 g/mol. The number of anilines is 1. The van der Waals surface area contributed by atoms with Crippen LogP contribution in [0, 0.1) is 5.82 Å². The Hall–Kier alpha value is -2.63. The molecule has 0 bridgehead atoms. The predicted molar refractivity (Wildman–Crippen MR) is 76.3 cm³/mol. The number of hydrogen-bond acceptors (Lipinski definition) is 4. The maximum absolute atomic E-state index is 13.1. The molecule has 0 atom stereocenters. The van der Waals surface area contributed by atoms with Crippen LogP contribution < -0.4 is 9.64 Å². The SMILES string of the molecule is COc1ccc(CN(C)c2ncc(F)cc2C(=O)O)cc1. The van der Waals surface area contributed by atoms with Gasteiger partial charge in [-0.15, -0.1) is 0 Å². The number of ether oxygens (including phenoxy) is 1. The van der Waals surface area contributed by atoms with Crippen molar-refractivity contribution in [3.05, 3.63) is 53.5 Å². The van der Waals surface area contributed by atoms with E-state index in [1.807, 2.05) is 24.3 Å². The zero-order chi connectivity index (χ0) is 15.4. The minimum absolute atomic E-state index is 0.161. The number of nitrogens with zero attached hydrogens (tertiary/aromatic N) is 2. The standard InChI is InChI=1S/C15H15FN2O3/c1-18(9-10-3-5-12(21-2)6-4-10)14-13(15(19)20)7-11(16)8-17-14/h3-8H,9H2,1-2H3,(H,19,20). The first-order chi connectivity index (χ1) is 10.0. The number of benzene rings is 1. The van der Waals surface area contributed by atoms with Crippen molar-refractivity contribution >= 4 is 11.8 Å². The second-order valence-corrected chi connectivity index (χ2v) is 4.53. The molecule has 0 aliphatic heterocycles. The molecule has 0 aliphatic rings. The number of carbonyl (C=O) groups is 1. The van der Waals surface area contributed by atoms with Gasteiger partial charge in [0.25, 0.3) is 0 Å². The van der Waals surface area contributed by atoms with Crippen LogP contribution in [0.5, 0.6) is 5.75 Å². The molecule has 1 aromatic carbocycles. The molecule has 0 saturated heterocycles. The number of pyridine rings is 1. The first-order valence-corrected chi connectivity index (χ1v) is 6.24. The molecule has 2 aromatic rings. The highest BCUT2D eigenvalue weighted by Crippen LogP contribution is 2.20. The highest BCUT2D eigenvalue weighted by molar-refractivity contribution is 5.93. The van der Waals surface area contributed by atoms with Crippen LogP contribution in [0.15, 0.2) is 36.5 Å². The third kappa shape index (κ3) is 3.47. The zero-order valence-corrected chi connectivity index (χ0v) is 11.7. The minimum atomic E-state index is -1.21. The summed E-state index contributed by atoms with van der Waals surface area (Å²) in [5, 5.41) is 9.12.